The first-order chi connectivity index (χ1) is 8.15. The molecule has 0 aromatic heterocycles. The van der Waals surface area contributed by atoms with Gasteiger partial charge in [0.25, 0.3) is 0 Å². The van der Waals surface area contributed by atoms with Crippen molar-refractivity contribution in [2.45, 2.75) is 76.0 Å². The molecule has 100 valence electrons. The van der Waals surface area contributed by atoms with E-state index in [1.165, 1.54) is 19.3 Å². The fourth-order valence-electron chi connectivity index (χ4n) is 3.65. The summed E-state index contributed by atoms with van der Waals surface area (Å²) in [7, 11) is 0. The Kier molecular flexibility index (Phi) is 4.45. The molecule has 0 aromatic carbocycles. The molecule has 4 atom stereocenters. The highest BCUT2D eigenvalue weighted by atomic mass is 16.3. The minimum absolute atomic E-state index is 0.124. The van der Waals surface area contributed by atoms with Gasteiger partial charge >= 0.3 is 0 Å². The number of nitrogens with one attached hydrogen (secondary N) is 1. The molecule has 2 aliphatic rings. The normalized spacial score (nSPS) is 43.6. The Morgan fingerprint density at radius 3 is 2.59 bits per heavy atom. The molecule has 0 spiro atoms. The molecule has 0 radical (unpaired) electrons. The maximum Gasteiger partial charge on any atom is 0.0693 e. The summed E-state index contributed by atoms with van der Waals surface area (Å²) < 4.78 is 0. The predicted molar refractivity (Wildman–Crippen MR) is 68.8 cm³/mol. The average molecular weight is 241 g/mol. The molecule has 17 heavy (non-hydrogen) atoms. The third-order valence-electron chi connectivity index (χ3n) is 4.62. The lowest BCUT2D eigenvalue weighted by molar-refractivity contribution is 0.0328. The molecule has 0 amide bonds. The Morgan fingerprint density at radius 1 is 1.18 bits per heavy atom. The van der Waals surface area contributed by atoms with Crippen LogP contribution >= 0.6 is 0 Å². The molecule has 2 aliphatic carbocycles. The molecule has 0 saturated heterocycles. The van der Waals surface area contributed by atoms with Crippen molar-refractivity contribution in [3.63, 3.8) is 0 Å². The summed E-state index contributed by atoms with van der Waals surface area (Å²) in [5, 5.41) is 23.4. The van der Waals surface area contributed by atoms with Crippen molar-refractivity contribution in [1.29, 1.82) is 0 Å². The van der Waals surface area contributed by atoms with Gasteiger partial charge in [-0.15, -0.1) is 0 Å². The van der Waals surface area contributed by atoms with Gasteiger partial charge in [0, 0.05) is 11.6 Å². The van der Waals surface area contributed by atoms with E-state index in [4.69, 9.17) is 0 Å². The van der Waals surface area contributed by atoms with Crippen LogP contribution in [-0.4, -0.2) is 34.5 Å². The first kappa shape index (κ1) is 13.3. The van der Waals surface area contributed by atoms with E-state index in [1.54, 1.807) is 0 Å². The van der Waals surface area contributed by atoms with E-state index in [0.29, 0.717) is 5.92 Å². The van der Waals surface area contributed by atoms with Crippen LogP contribution in [0.1, 0.15) is 58.3 Å². The topological polar surface area (TPSA) is 52.5 Å². The zero-order valence-corrected chi connectivity index (χ0v) is 11.0. The minimum Gasteiger partial charge on any atom is -0.394 e. The van der Waals surface area contributed by atoms with Crippen molar-refractivity contribution in [1.82, 2.24) is 5.32 Å². The molecule has 2 fully saturated rings. The van der Waals surface area contributed by atoms with E-state index in [9.17, 15) is 10.2 Å². The first-order valence-electron chi connectivity index (χ1n) is 7.22. The summed E-state index contributed by atoms with van der Waals surface area (Å²) in [5.41, 5.74) is -0.124. The molecule has 3 N–H and O–H groups in total. The molecule has 0 aliphatic heterocycles. The van der Waals surface area contributed by atoms with E-state index >= 15 is 0 Å². The maximum absolute atomic E-state index is 10.0. The van der Waals surface area contributed by atoms with Crippen LogP contribution in [0.4, 0.5) is 0 Å². The Hall–Kier alpha value is -0.120. The van der Waals surface area contributed by atoms with Gasteiger partial charge < -0.3 is 15.5 Å². The quantitative estimate of drug-likeness (QED) is 0.706. The van der Waals surface area contributed by atoms with Crippen LogP contribution in [0.15, 0.2) is 0 Å². The Balaban J connectivity index is 1.97. The van der Waals surface area contributed by atoms with Crippen LogP contribution in [0.3, 0.4) is 0 Å². The van der Waals surface area contributed by atoms with Gasteiger partial charge in [-0.2, -0.15) is 0 Å². The zero-order chi connectivity index (χ0) is 12.3. The molecule has 2 rings (SSSR count). The van der Waals surface area contributed by atoms with Gasteiger partial charge in [-0.25, -0.2) is 0 Å². The number of aliphatic hydroxyl groups is 2. The first-order valence-corrected chi connectivity index (χ1v) is 7.22. The third kappa shape index (κ3) is 3.21. The van der Waals surface area contributed by atoms with Crippen molar-refractivity contribution in [3.8, 4) is 0 Å². The Bertz CT molecular complexity index is 246. The second-order valence-electron chi connectivity index (χ2n) is 6.24. The van der Waals surface area contributed by atoms with E-state index in [2.05, 4.69) is 12.2 Å². The van der Waals surface area contributed by atoms with Gasteiger partial charge in [-0.3, -0.25) is 0 Å². The lowest BCUT2D eigenvalue weighted by atomic mass is 9.75. The van der Waals surface area contributed by atoms with E-state index in [-0.39, 0.29) is 24.3 Å². The Labute approximate surface area is 105 Å². The molecule has 0 aromatic rings. The highest BCUT2D eigenvalue weighted by Gasteiger charge is 2.38. The highest BCUT2D eigenvalue weighted by Crippen LogP contribution is 2.33. The van der Waals surface area contributed by atoms with Crippen LogP contribution in [0.25, 0.3) is 0 Å². The zero-order valence-electron chi connectivity index (χ0n) is 11.0. The molecule has 0 bridgehead atoms. The van der Waals surface area contributed by atoms with Crippen LogP contribution < -0.4 is 5.32 Å². The van der Waals surface area contributed by atoms with Gasteiger partial charge in [-0.1, -0.05) is 32.6 Å². The summed E-state index contributed by atoms with van der Waals surface area (Å²) in [4.78, 5) is 0. The summed E-state index contributed by atoms with van der Waals surface area (Å²) in [5.74, 6) is 0.684. The van der Waals surface area contributed by atoms with Crippen molar-refractivity contribution >= 4 is 0 Å². The molecular formula is C14H27NO2. The average Bonchev–Trinajstić information content (AvgIpc) is 2.32. The van der Waals surface area contributed by atoms with Gasteiger partial charge in [0.05, 0.1) is 12.7 Å². The summed E-state index contributed by atoms with van der Waals surface area (Å²) in [6.07, 6.45) is 8.65. The van der Waals surface area contributed by atoms with Gasteiger partial charge in [-0.05, 0) is 31.6 Å². The van der Waals surface area contributed by atoms with Crippen molar-refractivity contribution in [2.24, 2.45) is 5.92 Å². The molecular weight excluding hydrogens is 214 g/mol. The fraction of sp³-hybridized carbons (Fsp3) is 1.00. The number of aliphatic hydroxyl groups excluding tert-OH is 2. The molecule has 2 unspecified atom stereocenters. The lowest BCUT2D eigenvalue weighted by Gasteiger charge is -2.44. The molecule has 0 heterocycles. The second kappa shape index (κ2) is 5.68. The fourth-order valence-corrected chi connectivity index (χ4v) is 3.65. The standard InChI is InChI=1S/C14H27NO2/c1-11-5-4-8-14(9-11,10-16)15-12-6-2-3-7-13(12)17/h11-13,15-17H,2-10H2,1H3/t11?,12-,13-,14?/m0/s1. The largest absolute Gasteiger partial charge is 0.394 e. The number of hydrogen-bond donors (Lipinski definition) is 3. The van der Waals surface area contributed by atoms with Crippen molar-refractivity contribution in [2.75, 3.05) is 6.61 Å². The van der Waals surface area contributed by atoms with E-state index < -0.39 is 0 Å². The van der Waals surface area contributed by atoms with Crippen molar-refractivity contribution in [3.05, 3.63) is 0 Å². The van der Waals surface area contributed by atoms with Crippen molar-refractivity contribution < 1.29 is 10.2 Å². The van der Waals surface area contributed by atoms with Gasteiger partial charge in [0.15, 0.2) is 0 Å². The van der Waals surface area contributed by atoms with Gasteiger partial charge in [0.2, 0.25) is 0 Å². The Morgan fingerprint density at radius 2 is 1.94 bits per heavy atom. The third-order valence-corrected chi connectivity index (χ3v) is 4.62. The lowest BCUT2D eigenvalue weighted by Crippen LogP contribution is -2.58. The maximum atomic E-state index is 10.0. The molecule has 3 nitrogen and oxygen atoms in total. The summed E-state index contributed by atoms with van der Waals surface area (Å²) >= 11 is 0. The van der Waals surface area contributed by atoms with Crippen LogP contribution in [0.5, 0.6) is 0 Å². The molecule has 2 saturated carbocycles. The van der Waals surface area contributed by atoms with E-state index in [0.717, 1.165) is 32.1 Å². The molecule has 3 heteroatoms. The van der Waals surface area contributed by atoms with E-state index in [1.807, 2.05) is 0 Å². The van der Waals surface area contributed by atoms with Crippen LogP contribution in [0.2, 0.25) is 0 Å². The summed E-state index contributed by atoms with van der Waals surface area (Å²) in [6.45, 7) is 2.48. The van der Waals surface area contributed by atoms with Crippen LogP contribution in [0, 0.1) is 5.92 Å². The smallest absolute Gasteiger partial charge is 0.0693 e. The number of hydrogen-bond acceptors (Lipinski definition) is 3. The van der Waals surface area contributed by atoms with Gasteiger partial charge in [0.1, 0.15) is 0 Å². The second-order valence-corrected chi connectivity index (χ2v) is 6.24. The predicted octanol–water partition coefficient (Wildman–Crippen LogP) is 1.82. The monoisotopic (exact) mass is 241 g/mol. The van der Waals surface area contributed by atoms with Crippen LogP contribution in [-0.2, 0) is 0 Å². The minimum atomic E-state index is -0.218. The number of rotatable bonds is 3. The SMILES string of the molecule is CC1CCCC(CO)(N[C@H]2CCCC[C@@H]2O)C1. The highest BCUT2D eigenvalue weighted by molar-refractivity contribution is 4.96. The summed E-state index contributed by atoms with van der Waals surface area (Å²) in [6, 6.07) is 0.196.